The fraction of sp³-hybridized carbons (Fsp3) is 0.200. The lowest BCUT2D eigenvalue weighted by Gasteiger charge is -2.14. The maximum atomic E-state index is 11.8. The summed E-state index contributed by atoms with van der Waals surface area (Å²) in [6, 6.07) is 12.2. The number of primary amides is 1. The Morgan fingerprint density at radius 3 is 2.35 bits per heavy atom. The molecule has 2 N–H and O–H groups in total. The number of aromatic nitrogens is 1. The Kier molecular flexibility index (Phi) is 4.55. The minimum atomic E-state index is -0.715. The quantitative estimate of drug-likeness (QED) is 0.812. The van der Waals surface area contributed by atoms with Gasteiger partial charge in [0.15, 0.2) is 0 Å². The molecule has 0 aliphatic rings. The van der Waals surface area contributed by atoms with Crippen molar-refractivity contribution in [1.29, 1.82) is 0 Å². The molecule has 1 amide bonds. The Labute approximate surface area is 117 Å². The molecule has 0 unspecified atom stereocenters. The third kappa shape index (κ3) is 3.71. The van der Waals surface area contributed by atoms with Crippen LogP contribution in [0.5, 0.6) is 0 Å². The first-order valence-corrected chi connectivity index (χ1v) is 6.28. The van der Waals surface area contributed by atoms with Gasteiger partial charge in [-0.2, -0.15) is 0 Å². The summed E-state index contributed by atoms with van der Waals surface area (Å²) in [7, 11) is 0. The first-order chi connectivity index (χ1) is 9.66. The van der Waals surface area contributed by atoms with Gasteiger partial charge < -0.3 is 15.0 Å². The van der Waals surface area contributed by atoms with Gasteiger partial charge in [0.2, 0.25) is 5.91 Å². The van der Waals surface area contributed by atoms with Gasteiger partial charge in [0.05, 0.1) is 6.42 Å². The molecule has 0 radical (unpaired) electrons. The van der Waals surface area contributed by atoms with Crippen LogP contribution in [0.25, 0.3) is 0 Å². The Balaban J connectivity index is 1.91. The summed E-state index contributed by atoms with van der Waals surface area (Å²) < 4.78 is 6.75. The van der Waals surface area contributed by atoms with E-state index in [1.807, 2.05) is 30.3 Å². The number of rotatable bonds is 6. The van der Waals surface area contributed by atoms with E-state index in [0.29, 0.717) is 0 Å². The molecule has 2 aromatic rings. The number of carbonyl (C=O) groups excluding carboxylic acids is 2. The average Bonchev–Trinajstić information content (AvgIpc) is 2.97. The van der Waals surface area contributed by atoms with Gasteiger partial charge in [-0.1, -0.05) is 30.3 Å². The van der Waals surface area contributed by atoms with Crippen molar-refractivity contribution >= 4 is 11.9 Å². The number of ether oxygens (including phenoxy) is 1. The molecule has 0 aliphatic carbocycles. The van der Waals surface area contributed by atoms with Crippen LogP contribution >= 0.6 is 0 Å². The molecule has 104 valence electrons. The SMILES string of the molecule is NC(=O)[C@@H](CC(=O)OCc1ccccc1)n1cccc1. The molecule has 0 saturated carbocycles. The smallest absolute Gasteiger partial charge is 0.308 e. The summed E-state index contributed by atoms with van der Waals surface area (Å²) >= 11 is 0. The van der Waals surface area contributed by atoms with E-state index in [0.717, 1.165) is 5.56 Å². The van der Waals surface area contributed by atoms with Crippen LogP contribution in [0.15, 0.2) is 54.9 Å². The van der Waals surface area contributed by atoms with Crippen LogP contribution in [0.4, 0.5) is 0 Å². The molecular formula is C15H16N2O3. The standard InChI is InChI=1S/C15H16N2O3/c16-15(19)13(17-8-4-5-9-17)10-14(18)20-11-12-6-2-1-3-7-12/h1-9,13H,10-11H2,(H2,16,19)/t13-/m1/s1. The van der Waals surface area contributed by atoms with E-state index in [2.05, 4.69) is 0 Å². The maximum Gasteiger partial charge on any atom is 0.308 e. The Bertz CT molecular complexity index is 564. The van der Waals surface area contributed by atoms with Gasteiger partial charge in [0.1, 0.15) is 12.6 Å². The van der Waals surface area contributed by atoms with Crippen LogP contribution in [-0.2, 0) is 20.9 Å². The Hall–Kier alpha value is -2.56. The summed E-state index contributed by atoms with van der Waals surface area (Å²) in [5.41, 5.74) is 6.22. The lowest BCUT2D eigenvalue weighted by atomic mass is 10.2. The molecule has 1 atom stereocenters. The van der Waals surface area contributed by atoms with Crippen molar-refractivity contribution in [2.45, 2.75) is 19.1 Å². The summed E-state index contributed by atoms with van der Waals surface area (Å²) in [6.07, 6.45) is 3.32. The molecule has 0 aliphatic heterocycles. The third-order valence-electron chi connectivity index (χ3n) is 2.92. The van der Waals surface area contributed by atoms with E-state index >= 15 is 0 Å². The van der Waals surface area contributed by atoms with Crippen LogP contribution in [-0.4, -0.2) is 16.4 Å². The van der Waals surface area contributed by atoms with E-state index < -0.39 is 17.9 Å². The Morgan fingerprint density at radius 2 is 1.75 bits per heavy atom. The second kappa shape index (κ2) is 6.56. The second-order valence-electron chi connectivity index (χ2n) is 4.40. The molecule has 1 heterocycles. The number of nitrogens with zero attached hydrogens (tertiary/aromatic N) is 1. The topological polar surface area (TPSA) is 74.3 Å². The summed E-state index contributed by atoms with van der Waals surface area (Å²) in [5, 5.41) is 0. The molecule has 5 nitrogen and oxygen atoms in total. The average molecular weight is 272 g/mol. The highest BCUT2D eigenvalue weighted by molar-refractivity contribution is 5.84. The van der Waals surface area contributed by atoms with Crippen LogP contribution in [0, 0.1) is 0 Å². The van der Waals surface area contributed by atoms with Gasteiger partial charge >= 0.3 is 5.97 Å². The van der Waals surface area contributed by atoms with Gasteiger partial charge in [0.25, 0.3) is 0 Å². The van der Waals surface area contributed by atoms with Crippen molar-refractivity contribution < 1.29 is 14.3 Å². The zero-order valence-electron chi connectivity index (χ0n) is 10.9. The van der Waals surface area contributed by atoms with Gasteiger partial charge in [-0.25, -0.2) is 0 Å². The number of hydrogen-bond donors (Lipinski definition) is 1. The number of nitrogens with two attached hydrogens (primary N) is 1. The number of amides is 1. The summed E-state index contributed by atoms with van der Waals surface area (Å²) in [5.74, 6) is -1.01. The first kappa shape index (κ1) is 13.9. The van der Waals surface area contributed by atoms with Gasteiger partial charge in [-0.05, 0) is 17.7 Å². The maximum absolute atomic E-state index is 11.8. The van der Waals surface area contributed by atoms with E-state index in [1.54, 1.807) is 29.1 Å². The zero-order chi connectivity index (χ0) is 14.4. The van der Waals surface area contributed by atoms with E-state index in [1.165, 1.54) is 0 Å². The number of benzene rings is 1. The fourth-order valence-electron chi connectivity index (χ4n) is 1.86. The van der Waals surface area contributed by atoms with Gasteiger partial charge in [0, 0.05) is 12.4 Å². The largest absolute Gasteiger partial charge is 0.461 e. The van der Waals surface area contributed by atoms with Crippen molar-refractivity contribution in [1.82, 2.24) is 4.57 Å². The number of carbonyl (C=O) groups is 2. The fourth-order valence-corrected chi connectivity index (χ4v) is 1.86. The first-order valence-electron chi connectivity index (χ1n) is 6.28. The molecule has 5 heteroatoms. The van der Waals surface area contributed by atoms with Crippen LogP contribution < -0.4 is 5.73 Å². The van der Waals surface area contributed by atoms with E-state index in [9.17, 15) is 9.59 Å². The third-order valence-corrected chi connectivity index (χ3v) is 2.92. The van der Waals surface area contributed by atoms with Crippen molar-refractivity contribution in [3.05, 3.63) is 60.4 Å². The van der Waals surface area contributed by atoms with Crippen molar-refractivity contribution in [2.75, 3.05) is 0 Å². The highest BCUT2D eigenvalue weighted by atomic mass is 16.5. The van der Waals surface area contributed by atoms with E-state index in [-0.39, 0.29) is 13.0 Å². The van der Waals surface area contributed by atoms with Crippen LogP contribution in [0.3, 0.4) is 0 Å². The Morgan fingerprint density at radius 1 is 1.10 bits per heavy atom. The minimum Gasteiger partial charge on any atom is -0.461 e. The normalized spacial score (nSPS) is 11.8. The molecule has 1 aromatic carbocycles. The summed E-state index contributed by atoms with van der Waals surface area (Å²) in [4.78, 5) is 23.2. The molecular weight excluding hydrogens is 256 g/mol. The number of esters is 1. The van der Waals surface area contributed by atoms with Crippen molar-refractivity contribution in [2.24, 2.45) is 5.73 Å². The summed E-state index contributed by atoms with van der Waals surface area (Å²) in [6.45, 7) is 0.191. The monoisotopic (exact) mass is 272 g/mol. The molecule has 20 heavy (non-hydrogen) atoms. The van der Waals surface area contributed by atoms with Crippen molar-refractivity contribution in [3.8, 4) is 0 Å². The predicted molar refractivity (Wildman–Crippen MR) is 73.5 cm³/mol. The van der Waals surface area contributed by atoms with Crippen LogP contribution in [0.2, 0.25) is 0 Å². The number of hydrogen-bond acceptors (Lipinski definition) is 3. The molecule has 2 rings (SSSR count). The molecule has 0 fully saturated rings. The second-order valence-corrected chi connectivity index (χ2v) is 4.40. The van der Waals surface area contributed by atoms with E-state index in [4.69, 9.17) is 10.5 Å². The van der Waals surface area contributed by atoms with Crippen LogP contribution in [0.1, 0.15) is 18.0 Å². The predicted octanol–water partition coefficient (Wildman–Crippen LogP) is 1.65. The molecule has 0 saturated heterocycles. The minimum absolute atomic E-state index is 0.0726. The lowest BCUT2D eigenvalue weighted by Crippen LogP contribution is -2.28. The lowest BCUT2D eigenvalue weighted by molar-refractivity contribution is -0.147. The van der Waals surface area contributed by atoms with Gasteiger partial charge in [-0.3, -0.25) is 9.59 Å². The zero-order valence-corrected chi connectivity index (χ0v) is 10.9. The highest BCUT2D eigenvalue weighted by Crippen LogP contribution is 2.13. The van der Waals surface area contributed by atoms with Crippen molar-refractivity contribution in [3.63, 3.8) is 0 Å². The highest BCUT2D eigenvalue weighted by Gasteiger charge is 2.21. The molecule has 0 bridgehead atoms. The molecule has 0 spiro atoms. The molecule has 1 aromatic heterocycles. The van der Waals surface area contributed by atoms with Gasteiger partial charge in [-0.15, -0.1) is 0 Å².